The number of rotatable bonds is 6. The maximum absolute atomic E-state index is 12.0. The molecule has 9 nitrogen and oxygen atoms in total. The minimum Gasteiger partial charge on any atom is -0.383 e. The molecule has 1 aliphatic carbocycles. The molecule has 0 radical (unpaired) electrons. The van der Waals surface area contributed by atoms with Crippen molar-refractivity contribution in [2.75, 3.05) is 26.1 Å². The van der Waals surface area contributed by atoms with Crippen LogP contribution in [-0.2, 0) is 21.5 Å². The van der Waals surface area contributed by atoms with Crippen molar-refractivity contribution in [1.29, 1.82) is 0 Å². The van der Waals surface area contributed by atoms with Gasteiger partial charge in [0.25, 0.3) is 0 Å². The molecule has 5 rings (SSSR count). The Balaban J connectivity index is 1.58. The number of fused-ring (bicyclic) bond motifs is 2. The van der Waals surface area contributed by atoms with E-state index in [1.807, 2.05) is 31.3 Å². The average Bonchev–Trinajstić information content (AvgIpc) is 3.56. The normalized spacial score (nSPS) is 14.1. The van der Waals surface area contributed by atoms with Crippen molar-refractivity contribution < 1.29 is 9.53 Å². The minimum atomic E-state index is -0.666. The van der Waals surface area contributed by atoms with E-state index in [0.717, 1.165) is 45.8 Å². The maximum atomic E-state index is 12.0. The quantitative estimate of drug-likeness (QED) is 0.439. The molecule has 0 saturated heterocycles. The highest BCUT2D eigenvalue weighted by Gasteiger charge is 2.51. The van der Waals surface area contributed by atoms with Gasteiger partial charge in [0, 0.05) is 42.9 Å². The van der Waals surface area contributed by atoms with Crippen LogP contribution in [-0.4, -0.2) is 51.6 Å². The van der Waals surface area contributed by atoms with E-state index in [9.17, 15) is 4.79 Å². The van der Waals surface area contributed by atoms with Crippen LogP contribution in [0.1, 0.15) is 29.7 Å². The highest BCUT2D eigenvalue weighted by atomic mass is 16.5. The fourth-order valence-corrected chi connectivity index (χ4v) is 3.97. The molecule has 0 bridgehead atoms. The fourth-order valence-electron chi connectivity index (χ4n) is 3.97. The van der Waals surface area contributed by atoms with Crippen LogP contribution in [0.25, 0.3) is 21.8 Å². The summed E-state index contributed by atoms with van der Waals surface area (Å²) >= 11 is 0. The van der Waals surface area contributed by atoms with Crippen LogP contribution in [0.3, 0.4) is 0 Å². The first-order chi connectivity index (χ1) is 16.1. The molecule has 4 aromatic rings. The number of hydrogen-bond acceptors (Lipinski definition) is 7. The van der Waals surface area contributed by atoms with E-state index in [4.69, 9.17) is 10.5 Å². The predicted molar refractivity (Wildman–Crippen MR) is 125 cm³/mol. The van der Waals surface area contributed by atoms with Crippen molar-refractivity contribution in [1.82, 2.24) is 25.0 Å². The molecular weight excluding hydrogens is 418 g/mol. The van der Waals surface area contributed by atoms with Crippen molar-refractivity contribution >= 4 is 33.5 Å². The molecule has 0 aliphatic heterocycles. The third-order valence-corrected chi connectivity index (χ3v) is 6.08. The van der Waals surface area contributed by atoms with E-state index in [0.29, 0.717) is 24.7 Å². The molecule has 0 atom stereocenters. The van der Waals surface area contributed by atoms with Crippen LogP contribution in [0.4, 0.5) is 5.82 Å². The zero-order valence-corrected chi connectivity index (χ0v) is 18.4. The molecule has 3 aromatic heterocycles. The van der Waals surface area contributed by atoms with Gasteiger partial charge >= 0.3 is 0 Å². The number of nitrogens with two attached hydrogens (primary N) is 1. The molecule has 1 saturated carbocycles. The second-order valence-electron chi connectivity index (χ2n) is 8.09. The number of aromatic nitrogens is 5. The number of benzene rings is 1. The first kappa shape index (κ1) is 20.8. The van der Waals surface area contributed by atoms with Crippen molar-refractivity contribution in [2.24, 2.45) is 5.73 Å². The zero-order valence-electron chi connectivity index (χ0n) is 18.4. The fraction of sp³-hybridized carbons (Fsp3) is 0.292. The summed E-state index contributed by atoms with van der Waals surface area (Å²) in [5.74, 6) is 6.84. The van der Waals surface area contributed by atoms with Crippen molar-refractivity contribution in [2.45, 2.75) is 24.8 Å². The number of amides is 1. The predicted octanol–water partition coefficient (Wildman–Crippen LogP) is 1.98. The van der Waals surface area contributed by atoms with E-state index in [2.05, 4.69) is 37.4 Å². The third-order valence-electron chi connectivity index (χ3n) is 6.08. The second-order valence-corrected chi connectivity index (χ2v) is 8.09. The van der Waals surface area contributed by atoms with Gasteiger partial charge < -0.3 is 15.8 Å². The summed E-state index contributed by atoms with van der Waals surface area (Å²) in [6.45, 7) is 1.16. The summed E-state index contributed by atoms with van der Waals surface area (Å²) in [4.78, 5) is 21.0. The van der Waals surface area contributed by atoms with E-state index in [1.54, 1.807) is 24.2 Å². The molecule has 33 heavy (non-hydrogen) atoms. The van der Waals surface area contributed by atoms with Gasteiger partial charge in [-0.15, -0.1) is 5.10 Å². The number of pyridine rings is 2. The average molecular weight is 441 g/mol. The van der Waals surface area contributed by atoms with Crippen molar-refractivity contribution in [3.63, 3.8) is 0 Å². The van der Waals surface area contributed by atoms with Gasteiger partial charge in [-0.2, -0.15) is 0 Å². The number of anilines is 1. The van der Waals surface area contributed by atoms with Gasteiger partial charge in [0.1, 0.15) is 11.3 Å². The smallest absolute Gasteiger partial charge is 0.229 e. The Morgan fingerprint density at radius 2 is 2.06 bits per heavy atom. The first-order valence-electron chi connectivity index (χ1n) is 10.7. The molecule has 1 aliphatic rings. The Bertz CT molecular complexity index is 1440. The molecule has 3 N–H and O–H groups in total. The van der Waals surface area contributed by atoms with Gasteiger partial charge in [-0.3, -0.25) is 9.78 Å². The highest BCUT2D eigenvalue weighted by Crippen LogP contribution is 2.47. The Morgan fingerprint density at radius 1 is 1.21 bits per heavy atom. The van der Waals surface area contributed by atoms with Crippen LogP contribution >= 0.6 is 0 Å². The van der Waals surface area contributed by atoms with Crippen molar-refractivity contribution in [3.8, 4) is 11.8 Å². The summed E-state index contributed by atoms with van der Waals surface area (Å²) in [6.07, 6.45) is 4.91. The van der Waals surface area contributed by atoms with Gasteiger partial charge in [0.15, 0.2) is 0 Å². The van der Waals surface area contributed by atoms with Crippen LogP contribution < -0.4 is 11.1 Å². The van der Waals surface area contributed by atoms with E-state index < -0.39 is 5.41 Å². The highest BCUT2D eigenvalue weighted by molar-refractivity contribution is 5.97. The van der Waals surface area contributed by atoms with Crippen LogP contribution in [0, 0.1) is 11.8 Å². The van der Waals surface area contributed by atoms with Gasteiger partial charge in [-0.25, -0.2) is 9.67 Å². The van der Waals surface area contributed by atoms with Crippen LogP contribution in [0.2, 0.25) is 0 Å². The summed E-state index contributed by atoms with van der Waals surface area (Å²) in [6, 6.07) is 7.71. The number of nitrogens with zero attached hydrogens (tertiary/aromatic N) is 5. The maximum Gasteiger partial charge on any atom is 0.229 e. The monoisotopic (exact) mass is 441 g/mol. The second kappa shape index (κ2) is 8.15. The van der Waals surface area contributed by atoms with Crippen LogP contribution in [0.5, 0.6) is 0 Å². The zero-order chi connectivity index (χ0) is 23.0. The number of nitrogens with one attached hydrogen (secondary N) is 1. The third kappa shape index (κ3) is 3.64. The standard InChI is InChI=1S/C24H23N7O2/c1-26-22-18-14-27-21(24(7-8-24)23(25)32)12-17(18)16(13-28-22)5-3-15-4-6-19-20(11-15)31(30-29-19)9-10-33-2/h4,6,11-14H,7-10H2,1-2H3,(H2,25,32)(H,26,28). The van der Waals surface area contributed by atoms with E-state index in [-0.39, 0.29) is 5.91 Å². The SMILES string of the molecule is CNc1ncc(C#Cc2ccc3nnn(CCOC)c3c2)c2cc(C3(C(N)=O)CC3)ncc12. The molecule has 3 heterocycles. The number of primary amides is 1. The lowest BCUT2D eigenvalue weighted by atomic mass is 9.98. The molecule has 0 unspecified atom stereocenters. The van der Waals surface area contributed by atoms with Gasteiger partial charge in [-0.05, 0) is 37.1 Å². The largest absolute Gasteiger partial charge is 0.383 e. The molecule has 166 valence electrons. The van der Waals surface area contributed by atoms with Gasteiger partial charge in [0.2, 0.25) is 5.91 Å². The number of carbonyl (C=O) groups excluding carboxylic acids is 1. The number of carbonyl (C=O) groups is 1. The summed E-state index contributed by atoms with van der Waals surface area (Å²) in [5.41, 5.74) is 8.97. The lowest BCUT2D eigenvalue weighted by Gasteiger charge is -2.13. The molecule has 1 aromatic carbocycles. The lowest BCUT2D eigenvalue weighted by molar-refractivity contribution is -0.120. The Kier molecular flexibility index (Phi) is 5.15. The summed E-state index contributed by atoms with van der Waals surface area (Å²) in [5, 5.41) is 13.2. The number of ether oxygens (including phenoxy) is 1. The minimum absolute atomic E-state index is 0.336. The molecular formula is C24H23N7O2. The van der Waals surface area contributed by atoms with Crippen molar-refractivity contribution in [3.05, 3.63) is 53.5 Å². The number of hydrogen-bond donors (Lipinski definition) is 2. The molecule has 0 spiro atoms. The Hall–Kier alpha value is -4.03. The van der Waals surface area contributed by atoms with E-state index >= 15 is 0 Å². The van der Waals surface area contributed by atoms with Crippen LogP contribution in [0.15, 0.2) is 36.7 Å². The molecule has 9 heteroatoms. The first-order valence-corrected chi connectivity index (χ1v) is 10.7. The molecule has 1 amide bonds. The lowest BCUT2D eigenvalue weighted by Crippen LogP contribution is -2.29. The topological polar surface area (TPSA) is 121 Å². The van der Waals surface area contributed by atoms with Gasteiger partial charge in [0.05, 0.1) is 35.3 Å². The summed E-state index contributed by atoms with van der Waals surface area (Å²) in [7, 11) is 3.46. The Labute approximate surface area is 190 Å². The Morgan fingerprint density at radius 3 is 2.79 bits per heavy atom. The summed E-state index contributed by atoms with van der Waals surface area (Å²) < 4.78 is 6.95. The number of methoxy groups -OCH3 is 1. The molecule has 1 fully saturated rings. The van der Waals surface area contributed by atoms with E-state index in [1.165, 1.54) is 0 Å². The van der Waals surface area contributed by atoms with Gasteiger partial charge in [-0.1, -0.05) is 17.1 Å².